The van der Waals surface area contributed by atoms with E-state index in [-0.39, 0.29) is 5.78 Å². The van der Waals surface area contributed by atoms with Gasteiger partial charge < -0.3 is 4.79 Å². The Morgan fingerprint density at radius 1 is 0.529 bits per heavy atom. The van der Waals surface area contributed by atoms with Crippen LogP contribution >= 0.6 is 0 Å². The molecule has 0 amide bonds. The molecular weight excluding hydrogens is 416 g/mol. The summed E-state index contributed by atoms with van der Waals surface area (Å²) < 4.78 is 0. The van der Waals surface area contributed by atoms with Crippen molar-refractivity contribution in [2.24, 2.45) is 0 Å². The zero-order valence-corrected chi connectivity index (χ0v) is 21.8. The van der Waals surface area contributed by atoms with Crippen LogP contribution in [0.25, 0.3) is 0 Å². The Kier molecular flexibility index (Phi) is 26.9. The number of rotatable bonds is 24. The summed E-state index contributed by atoms with van der Waals surface area (Å²) in [4.78, 5) is 22.0. The molecule has 0 aliphatic heterocycles. The van der Waals surface area contributed by atoms with E-state index in [0.29, 0.717) is 12.8 Å². The molecule has 0 unspecified atom stereocenters. The van der Waals surface area contributed by atoms with Crippen LogP contribution in [0.4, 0.5) is 0 Å². The van der Waals surface area contributed by atoms with Crippen molar-refractivity contribution < 1.29 is 9.59 Å². The monoisotopic (exact) mass is 466 g/mol. The Hall–Kier alpha value is -2.22. The SMILES string of the molecule is CCCCCCCCCCC=CC=CCCCCC(=O)C=CC=CCCCC=CC=CCC=O. The van der Waals surface area contributed by atoms with Crippen molar-refractivity contribution in [1.82, 2.24) is 0 Å². The Morgan fingerprint density at radius 3 is 1.59 bits per heavy atom. The summed E-state index contributed by atoms with van der Waals surface area (Å²) in [6.45, 7) is 2.27. The molecule has 0 N–H and O–H groups in total. The molecule has 2 nitrogen and oxygen atoms in total. The maximum Gasteiger partial charge on any atom is 0.155 e. The van der Waals surface area contributed by atoms with Gasteiger partial charge in [0, 0.05) is 12.8 Å². The molecular formula is C32H50O2. The standard InChI is InChI=1S/C32H50O2/c1-2-3-4-5-6-7-8-9-10-11-12-14-17-20-23-26-29-32(34)30-27-24-21-18-15-13-16-19-22-25-28-31-33/h11-12,14,16-17,19,21-22,24-25,27,30-31H,2-10,13,15,18,20,23,26,28-29H2,1H3. The Labute approximate surface area is 210 Å². The number of ketones is 1. The molecule has 0 aromatic rings. The highest BCUT2D eigenvalue weighted by atomic mass is 16.1. The lowest BCUT2D eigenvalue weighted by molar-refractivity contribution is -0.114. The lowest BCUT2D eigenvalue weighted by atomic mass is 10.1. The van der Waals surface area contributed by atoms with Gasteiger partial charge in [0.15, 0.2) is 5.78 Å². The van der Waals surface area contributed by atoms with Gasteiger partial charge >= 0.3 is 0 Å². The fourth-order valence-electron chi connectivity index (χ4n) is 3.47. The second kappa shape index (κ2) is 28.8. The van der Waals surface area contributed by atoms with Crippen molar-refractivity contribution in [2.75, 3.05) is 0 Å². The van der Waals surface area contributed by atoms with E-state index in [0.717, 1.165) is 44.8 Å². The normalized spacial score (nSPS) is 12.6. The molecule has 0 fully saturated rings. The van der Waals surface area contributed by atoms with E-state index < -0.39 is 0 Å². The quantitative estimate of drug-likeness (QED) is 0.0614. The second-order valence-electron chi connectivity index (χ2n) is 8.81. The average molecular weight is 467 g/mol. The van der Waals surface area contributed by atoms with Gasteiger partial charge in [-0.1, -0.05) is 119 Å². The lowest BCUT2D eigenvalue weighted by Gasteiger charge is -1.99. The van der Waals surface area contributed by atoms with Gasteiger partial charge in [0.1, 0.15) is 6.29 Å². The van der Waals surface area contributed by atoms with Crippen LogP contribution in [0, 0.1) is 0 Å². The molecule has 0 radical (unpaired) electrons. The first-order valence-electron chi connectivity index (χ1n) is 13.7. The number of allylic oxidation sites excluding steroid dienone is 12. The van der Waals surface area contributed by atoms with Gasteiger partial charge in [0.2, 0.25) is 0 Å². The first kappa shape index (κ1) is 31.8. The van der Waals surface area contributed by atoms with E-state index in [1.54, 1.807) is 6.08 Å². The minimum atomic E-state index is 0.212. The first-order valence-corrected chi connectivity index (χ1v) is 13.7. The van der Waals surface area contributed by atoms with E-state index in [1.165, 1.54) is 57.8 Å². The van der Waals surface area contributed by atoms with E-state index in [9.17, 15) is 9.59 Å². The minimum absolute atomic E-state index is 0.212. The summed E-state index contributed by atoms with van der Waals surface area (Å²) >= 11 is 0. The average Bonchev–Trinajstić information content (AvgIpc) is 2.84. The van der Waals surface area contributed by atoms with Crippen molar-refractivity contribution in [2.45, 2.75) is 116 Å². The van der Waals surface area contributed by atoms with E-state index >= 15 is 0 Å². The van der Waals surface area contributed by atoms with Crippen LogP contribution in [-0.4, -0.2) is 12.1 Å². The molecule has 0 saturated carbocycles. The van der Waals surface area contributed by atoms with Gasteiger partial charge in [-0.25, -0.2) is 0 Å². The molecule has 0 atom stereocenters. The molecule has 34 heavy (non-hydrogen) atoms. The summed E-state index contributed by atoms with van der Waals surface area (Å²) in [6.07, 6.45) is 44.6. The van der Waals surface area contributed by atoms with Crippen molar-refractivity contribution in [3.05, 3.63) is 72.9 Å². The molecule has 2 heteroatoms. The summed E-state index contributed by atoms with van der Waals surface area (Å²) in [5.74, 6) is 0.212. The molecule has 0 aliphatic rings. The van der Waals surface area contributed by atoms with Crippen LogP contribution in [0.1, 0.15) is 116 Å². The maximum absolute atomic E-state index is 11.9. The number of carbonyl (C=O) groups is 2. The lowest BCUT2D eigenvalue weighted by Crippen LogP contribution is -1.91. The van der Waals surface area contributed by atoms with E-state index in [2.05, 4.69) is 43.4 Å². The van der Waals surface area contributed by atoms with Crippen LogP contribution in [0.5, 0.6) is 0 Å². The zero-order chi connectivity index (χ0) is 24.8. The summed E-state index contributed by atoms with van der Waals surface area (Å²) in [5.41, 5.74) is 0. The second-order valence-corrected chi connectivity index (χ2v) is 8.81. The highest BCUT2D eigenvalue weighted by Crippen LogP contribution is 2.10. The van der Waals surface area contributed by atoms with Gasteiger partial charge in [0.25, 0.3) is 0 Å². The zero-order valence-electron chi connectivity index (χ0n) is 21.8. The van der Waals surface area contributed by atoms with Gasteiger partial charge in [-0.05, 0) is 57.4 Å². The Bertz CT molecular complexity index is 631. The Morgan fingerprint density at radius 2 is 1.00 bits per heavy atom. The molecule has 0 bridgehead atoms. The summed E-state index contributed by atoms with van der Waals surface area (Å²) in [5, 5.41) is 0. The van der Waals surface area contributed by atoms with Crippen LogP contribution in [-0.2, 0) is 9.59 Å². The maximum atomic E-state index is 11.9. The minimum Gasteiger partial charge on any atom is -0.303 e. The smallest absolute Gasteiger partial charge is 0.155 e. The predicted molar refractivity (Wildman–Crippen MR) is 150 cm³/mol. The highest BCUT2D eigenvalue weighted by molar-refractivity contribution is 5.89. The summed E-state index contributed by atoms with van der Waals surface area (Å²) in [6, 6.07) is 0. The van der Waals surface area contributed by atoms with Crippen LogP contribution in [0.3, 0.4) is 0 Å². The third-order valence-corrected chi connectivity index (χ3v) is 5.54. The van der Waals surface area contributed by atoms with Crippen LogP contribution in [0.2, 0.25) is 0 Å². The Balaban J connectivity index is 3.52. The van der Waals surface area contributed by atoms with Crippen molar-refractivity contribution in [3.63, 3.8) is 0 Å². The molecule has 0 rings (SSSR count). The topological polar surface area (TPSA) is 34.1 Å². The summed E-state index contributed by atoms with van der Waals surface area (Å²) in [7, 11) is 0. The number of aldehydes is 1. The number of carbonyl (C=O) groups excluding carboxylic acids is 2. The number of unbranched alkanes of at least 4 members (excludes halogenated alkanes) is 12. The molecule has 0 heterocycles. The number of hydrogen-bond donors (Lipinski definition) is 0. The van der Waals surface area contributed by atoms with E-state index in [4.69, 9.17) is 0 Å². The fourth-order valence-corrected chi connectivity index (χ4v) is 3.47. The largest absolute Gasteiger partial charge is 0.303 e. The van der Waals surface area contributed by atoms with Gasteiger partial charge in [-0.2, -0.15) is 0 Å². The van der Waals surface area contributed by atoms with Crippen molar-refractivity contribution >= 4 is 12.1 Å². The van der Waals surface area contributed by atoms with Crippen LogP contribution < -0.4 is 0 Å². The molecule has 190 valence electrons. The highest BCUT2D eigenvalue weighted by Gasteiger charge is 1.95. The third kappa shape index (κ3) is 27.8. The molecule has 0 aromatic carbocycles. The number of hydrogen-bond acceptors (Lipinski definition) is 2. The van der Waals surface area contributed by atoms with E-state index in [1.807, 2.05) is 30.4 Å². The molecule has 0 saturated heterocycles. The van der Waals surface area contributed by atoms with Crippen molar-refractivity contribution in [1.29, 1.82) is 0 Å². The molecule has 0 spiro atoms. The molecule has 0 aromatic heterocycles. The van der Waals surface area contributed by atoms with Gasteiger partial charge in [-0.15, -0.1) is 0 Å². The fraction of sp³-hybridized carbons (Fsp3) is 0.562. The van der Waals surface area contributed by atoms with Crippen molar-refractivity contribution in [3.8, 4) is 0 Å². The van der Waals surface area contributed by atoms with Gasteiger partial charge in [0.05, 0.1) is 0 Å². The van der Waals surface area contributed by atoms with Crippen LogP contribution in [0.15, 0.2) is 72.9 Å². The third-order valence-electron chi connectivity index (χ3n) is 5.54. The first-order chi connectivity index (χ1) is 16.8. The van der Waals surface area contributed by atoms with Gasteiger partial charge in [-0.3, -0.25) is 4.79 Å². The molecule has 0 aliphatic carbocycles. The predicted octanol–water partition coefficient (Wildman–Crippen LogP) is 9.74.